The van der Waals surface area contributed by atoms with Gasteiger partial charge in [-0.05, 0) is 29.6 Å². The number of ether oxygens (including phenoxy) is 1. The summed E-state index contributed by atoms with van der Waals surface area (Å²) in [5.74, 6) is 0.408. The molecule has 0 aliphatic rings. The lowest BCUT2D eigenvalue weighted by atomic mass is 10.2. The van der Waals surface area contributed by atoms with Crippen molar-refractivity contribution < 1.29 is 9.53 Å². The largest absolute Gasteiger partial charge is 0.497 e. The maximum atomic E-state index is 12.2. The highest BCUT2D eigenvalue weighted by molar-refractivity contribution is 7.21. The van der Waals surface area contributed by atoms with Gasteiger partial charge in [-0.2, -0.15) is 5.10 Å². The summed E-state index contributed by atoms with van der Waals surface area (Å²) in [6.07, 6.45) is 1.60. The number of amides is 1. The highest BCUT2D eigenvalue weighted by atomic mass is 35.5. The Morgan fingerprint density at radius 1 is 1.41 bits per heavy atom. The number of fused-ring (bicyclic) bond motifs is 1. The molecule has 0 atom stereocenters. The van der Waals surface area contributed by atoms with Crippen LogP contribution in [0, 0.1) is 0 Å². The van der Waals surface area contributed by atoms with Crippen LogP contribution in [0.5, 0.6) is 5.75 Å². The molecular formula is C15H11ClN2O2S2. The molecule has 22 heavy (non-hydrogen) atoms. The van der Waals surface area contributed by atoms with Crippen LogP contribution in [0.3, 0.4) is 0 Å². The zero-order chi connectivity index (χ0) is 15.5. The Labute approximate surface area is 140 Å². The van der Waals surface area contributed by atoms with Crippen molar-refractivity contribution in [1.82, 2.24) is 5.43 Å². The normalized spacial score (nSPS) is 11.2. The summed E-state index contributed by atoms with van der Waals surface area (Å²) in [6, 6.07) is 9.36. The molecule has 2 aromatic heterocycles. The quantitative estimate of drug-likeness (QED) is 0.560. The zero-order valence-electron chi connectivity index (χ0n) is 11.5. The third-order valence-corrected chi connectivity index (χ3v) is 5.41. The molecule has 7 heteroatoms. The minimum atomic E-state index is -0.321. The van der Waals surface area contributed by atoms with Gasteiger partial charge in [-0.15, -0.1) is 22.7 Å². The number of carbonyl (C=O) groups excluding carboxylic acids is 1. The first-order valence-electron chi connectivity index (χ1n) is 6.32. The third-order valence-electron chi connectivity index (χ3n) is 2.94. The van der Waals surface area contributed by atoms with E-state index in [-0.39, 0.29) is 5.91 Å². The van der Waals surface area contributed by atoms with E-state index >= 15 is 0 Å². The average molecular weight is 351 g/mol. The highest BCUT2D eigenvalue weighted by Crippen LogP contribution is 2.37. The number of nitrogens with zero attached hydrogens (tertiary/aromatic N) is 1. The lowest BCUT2D eigenvalue weighted by Crippen LogP contribution is -2.16. The van der Waals surface area contributed by atoms with E-state index in [4.69, 9.17) is 16.3 Å². The van der Waals surface area contributed by atoms with Crippen LogP contribution in [0.4, 0.5) is 0 Å². The Balaban J connectivity index is 1.83. The Bertz CT molecular complexity index is 841. The zero-order valence-corrected chi connectivity index (χ0v) is 13.9. The molecule has 0 fully saturated rings. The first kappa shape index (κ1) is 15.0. The first-order chi connectivity index (χ1) is 10.7. The SMILES string of the molecule is COc1ccc2c(Cl)c(C(=O)N/N=C/c3cccs3)sc2c1. The molecule has 0 spiro atoms. The standard InChI is InChI=1S/C15H11ClN2O2S2/c1-20-9-4-5-11-12(7-9)22-14(13(11)16)15(19)18-17-8-10-3-2-6-21-10/h2-8H,1H3,(H,18,19)/b17-8+. The summed E-state index contributed by atoms with van der Waals surface area (Å²) in [5, 5.41) is 7.16. The molecule has 0 aliphatic carbocycles. The molecule has 0 aliphatic heterocycles. The van der Waals surface area contributed by atoms with Crippen molar-refractivity contribution in [2.75, 3.05) is 7.11 Å². The predicted octanol–water partition coefficient (Wildman–Crippen LogP) is 4.39. The van der Waals surface area contributed by atoms with E-state index in [2.05, 4.69) is 10.5 Å². The number of halogens is 1. The van der Waals surface area contributed by atoms with Gasteiger partial charge in [-0.3, -0.25) is 4.79 Å². The molecule has 3 aromatic rings. The fraction of sp³-hybridized carbons (Fsp3) is 0.0667. The van der Waals surface area contributed by atoms with E-state index < -0.39 is 0 Å². The van der Waals surface area contributed by atoms with E-state index in [0.29, 0.717) is 9.90 Å². The van der Waals surface area contributed by atoms with Crippen molar-refractivity contribution in [3.63, 3.8) is 0 Å². The average Bonchev–Trinajstić information content (AvgIpc) is 3.15. The van der Waals surface area contributed by atoms with Gasteiger partial charge in [-0.25, -0.2) is 5.43 Å². The fourth-order valence-electron chi connectivity index (χ4n) is 1.89. The van der Waals surface area contributed by atoms with Gasteiger partial charge in [0.2, 0.25) is 0 Å². The van der Waals surface area contributed by atoms with E-state index in [9.17, 15) is 4.79 Å². The molecule has 1 amide bonds. The van der Waals surface area contributed by atoms with Crippen LogP contribution in [-0.4, -0.2) is 19.2 Å². The van der Waals surface area contributed by atoms with E-state index in [1.807, 2.05) is 35.7 Å². The van der Waals surface area contributed by atoms with Gasteiger partial charge >= 0.3 is 0 Å². The van der Waals surface area contributed by atoms with Crippen LogP contribution in [0.25, 0.3) is 10.1 Å². The lowest BCUT2D eigenvalue weighted by molar-refractivity contribution is 0.0959. The molecule has 0 unspecified atom stereocenters. The molecule has 1 N–H and O–H groups in total. The summed E-state index contributed by atoms with van der Waals surface area (Å²) in [7, 11) is 1.60. The van der Waals surface area contributed by atoms with Crippen LogP contribution in [-0.2, 0) is 0 Å². The second-order valence-electron chi connectivity index (χ2n) is 4.32. The smallest absolute Gasteiger partial charge is 0.283 e. The molecule has 2 heterocycles. The van der Waals surface area contributed by atoms with Gasteiger partial charge in [0.25, 0.3) is 5.91 Å². The number of hydrogen-bond donors (Lipinski definition) is 1. The van der Waals surface area contributed by atoms with Gasteiger partial charge < -0.3 is 4.74 Å². The minimum Gasteiger partial charge on any atom is -0.497 e. The monoisotopic (exact) mass is 350 g/mol. The maximum Gasteiger partial charge on any atom is 0.283 e. The van der Waals surface area contributed by atoms with Crippen LogP contribution in [0.1, 0.15) is 14.5 Å². The van der Waals surface area contributed by atoms with Crippen LogP contribution >= 0.6 is 34.3 Å². The Kier molecular flexibility index (Phi) is 4.42. The van der Waals surface area contributed by atoms with Gasteiger partial charge in [0, 0.05) is 15.0 Å². The van der Waals surface area contributed by atoms with Crippen molar-refractivity contribution in [2.45, 2.75) is 0 Å². The summed E-state index contributed by atoms with van der Waals surface area (Å²) >= 11 is 9.14. The summed E-state index contributed by atoms with van der Waals surface area (Å²) < 4.78 is 6.08. The van der Waals surface area contributed by atoms with Crippen molar-refractivity contribution in [1.29, 1.82) is 0 Å². The van der Waals surface area contributed by atoms with E-state index in [1.54, 1.807) is 24.7 Å². The van der Waals surface area contributed by atoms with Crippen LogP contribution < -0.4 is 10.2 Å². The van der Waals surface area contributed by atoms with Gasteiger partial charge in [0.1, 0.15) is 10.6 Å². The number of hydrazone groups is 1. The van der Waals surface area contributed by atoms with E-state index in [1.165, 1.54) is 11.3 Å². The molecule has 1 aromatic carbocycles. The Hall–Kier alpha value is -1.89. The summed E-state index contributed by atoms with van der Waals surface area (Å²) in [5.41, 5.74) is 2.50. The molecule has 0 bridgehead atoms. The number of thiophene rings is 2. The number of carbonyl (C=O) groups is 1. The van der Waals surface area contributed by atoms with Gasteiger partial charge in [0.05, 0.1) is 18.3 Å². The second-order valence-corrected chi connectivity index (χ2v) is 6.73. The topological polar surface area (TPSA) is 50.7 Å². The van der Waals surface area contributed by atoms with Gasteiger partial charge in [-0.1, -0.05) is 17.7 Å². The molecule has 0 radical (unpaired) electrons. The molecule has 4 nitrogen and oxygen atoms in total. The maximum absolute atomic E-state index is 12.2. The van der Waals surface area contributed by atoms with E-state index in [0.717, 1.165) is 20.7 Å². The van der Waals surface area contributed by atoms with Gasteiger partial charge in [0.15, 0.2) is 0 Å². The molecule has 112 valence electrons. The number of benzene rings is 1. The molecule has 3 rings (SSSR count). The van der Waals surface area contributed by atoms with Crippen molar-refractivity contribution >= 4 is 56.5 Å². The van der Waals surface area contributed by atoms with Crippen molar-refractivity contribution in [2.24, 2.45) is 5.10 Å². The summed E-state index contributed by atoms with van der Waals surface area (Å²) in [6.45, 7) is 0. The van der Waals surface area contributed by atoms with Crippen LogP contribution in [0.15, 0.2) is 40.8 Å². The third kappa shape index (κ3) is 2.99. The predicted molar refractivity (Wildman–Crippen MR) is 92.8 cm³/mol. The summed E-state index contributed by atoms with van der Waals surface area (Å²) in [4.78, 5) is 13.6. The number of methoxy groups -OCH3 is 1. The fourth-order valence-corrected chi connectivity index (χ4v) is 3.91. The molecule has 0 saturated carbocycles. The minimum absolute atomic E-state index is 0.321. The number of rotatable bonds is 4. The Morgan fingerprint density at radius 2 is 2.27 bits per heavy atom. The van der Waals surface area contributed by atoms with Crippen molar-refractivity contribution in [3.05, 3.63) is 50.5 Å². The van der Waals surface area contributed by atoms with Crippen molar-refractivity contribution in [3.8, 4) is 5.75 Å². The Morgan fingerprint density at radius 3 is 3.00 bits per heavy atom. The first-order valence-corrected chi connectivity index (χ1v) is 8.39. The molecular weight excluding hydrogens is 340 g/mol. The number of nitrogens with one attached hydrogen (secondary N) is 1. The highest BCUT2D eigenvalue weighted by Gasteiger charge is 2.17. The lowest BCUT2D eigenvalue weighted by Gasteiger charge is -1.98. The number of hydrogen-bond acceptors (Lipinski definition) is 5. The van der Waals surface area contributed by atoms with Crippen LogP contribution in [0.2, 0.25) is 5.02 Å². The molecule has 0 saturated heterocycles. The second kappa shape index (κ2) is 6.48.